The molecule has 1 aromatic carbocycles. The van der Waals surface area contributed by atoms with Gasteiger partial charge in [-0.05, 0) is 44.3 Å². The average Bonchev–Trinajstić information content (AvgIpc) is 2.37. The fourth-order valence-electron chi connectivity index (χ4n) is 1.48. The van der Waals surface area contributed by atoms with Crippen LogP contribution in [0.1, 0.15) is 12.0 Å². The Labute approximate surface area is 128 Å². The molecule has 0 heterocycles. The third kappa shape index (κ3) is 9.79. The molecule has 0 radical (unpaired) electrons. The summed E-state index contributed by atoms with van der Waals surface area (Å²) in [5.41, 5.74) is 1.28. The molecule has 0 saturated carbocycles. The molecule has 0 amide bonds. The Morgan fingerprint density at radius 2 is 1.84 bits per heavy atom. The quantitative estimate of drug-likeness (QED) is 0.360. The van der Waals surface area contributed by atoms with Crippen molar-refractivity contribution >= 4 is 0 Å². The van der Waals surface area contributed by atoms with E-state index in [2.05, 4.69) is 29.3 Å². The molecule has 2 N–H and O–H groups in total. The second kappa shape index (κ2) is 13.7. The molecule has 0 aliphatic rings. The molecule has 0 aliphatic carbocycles. The molecule has 0 aliphatic heterocycles. The Hall–Kier alpha value is -0.740. The van der Waals surface area contributed by atoms with Gasteiger partial charge in [0.2, 0.25) is 0 Å². The lowest BCUT2D eigenvalue weighted by Gasteiger charge is -2.06. The average molecular weight is 305 g/mol. The SMILES string of the molecule is C=CCOc1ccc(CNCCCNC)cc1.[Cl-].[Cl-]. The van der Waals surface area contributed by atoms with Crippen molar-refractivity contribution in [3.63, 3.8) is 0 Å². The van der Waals surface area contributed by atoms with E-state index in [0.717, 1.165) is 31.8 Å². The summed E-state index contributed by atoms with van der Waals surface area (Å²) in [4.78, 5) is 0. The zero-order valence-corrected chi connectivity index (χ0v) is 12.8. The van der Waals surface area contributed by atoms with Gasteiger partial charge in [0.15, 0.2) is 0 Å². The van der Waals surface area contributed by atoms with Gasteiger partial charge in [0.05, 0.1) is 0 Å². The van der Waals surface area contributed by atoms with E-state index in [9.17, 15) is 0 Å². The Bertz CT molecular complexity index is 318. The van der Waals surface area contributed by atoms with Crippen LogP contribution in [-0.2, 0) is 6.54 Å². The van der Waals surface area contributed by atoms with Crippen LogP contribution in [0.5, 0.6) is 5.75 Å². The monoisotopic (exact) mass is 304 g/mol. The van der Waals surface area contributed by atoms with Gasteiger partial charge in [-0.15, -0.1) is 0 Å². The molecule has 5 heteroatoms. The number of nitrogens with one attached hydrogen (secondary N) is 2. The number of hydrogen-bond acceptors (Lipinski definition) is 3. The van der Waals surface area contributed by atoms with Crippen molar-refractivity contribution in [2.45, 2.75) is 13.0 Å². The van der Waals surface area contributed by atoms with E-state index < -0.39 is 0 Å². The van der Waals surface area contributed by atoms with Gasteiger partial charge in [-0.2, -0.15) is 0 Å². The third-order valence-electron chi connectivity index (χ3n) is 2.40. The van der Waals surface area contributed by atoms with E-state index in [1.54, 1.807) is 6.08 Å². The first-order valence-electron chi connectivity index (χ1n) is 6.04. The molecule has 19 heavy (non-hydrogen) atoms. The maximum absolute atomic E-state index is 5.42. The van der Waals surface area contributed by atoms with Crippen molar-refractivity contribution < 1.29 is 29.6 Å². The van der Waals surface area contributed by atoms with Crippen LogP contribution in [0.2, 0.25) is 0 Å². The lowest BCUT2D eigenvalue weighted by atomic mass is 10.2. The molecule has 1 aromatic rings. The summed E-state index contributed by atoms with van der Waals surface area (Å²) >= 11 is 0. The van der Waals surface area contributed by atoms with Crippen molar-refractivity contribution in [1.82, 2.24) is 10.6 Å². The molecule has 110 valence electrons. The van der Waals surface area contributed by atoms with Crippen LogP contribution in [0, 0.1) is 0 Å². The summed E-state index contributed by atoms with van der Waals surface area (Å²) in [7, 11) is 1.97. The second-order valence-electron chi connectivity index (χ2n) is 3.88. The fraction of sp³-hybridized carbons (Fsp3) is 0.429. The van der Waals surface area contributed by atoms with Gasteiger partial charge >= 0.3 is 0 Å². The number of rotatable bonds is 9. The largest absolute Gasteiger partial charge is 1.00 e. The Morgan fingerprint density at radius 3 is 2.42 bits per heavy atom. The van der Waals surface area contributed by atoms with Gasteiger partial charge in [0.25, 0.3) is 0 Å². The van der Waals surface area contributed by atoms with Crippen molar-refractivity contribution in [3.8, 4) is 5.75 Å². The highest BCUT2D eigenvalue weighted by molar-refractivity contribution is 5.27. The molecule has 0 spiro atoms. The van der Waals surface area contributed by atoms with Crippen LogP contribution >= 0.6 is 0 Å². The molecule has 0 atom stereocenters. The summed E-state index contributed by atoms with van der Waals surface area (Å²) in [6, 6.07) is 8.16. The minimum atomic E-state index is 0. The first kappa shape index (κ1) is 20.6. The maximum atomic E-state index is 5.42. The summed E-state index contributed by atoms with van der Waals surface area (Å²) in [5, 5.41) is 6.53. The van der Waals surface area contributed by atoms with Gasteiger partial charge in [-0.1, -0.05) is 24.8 Å². The van der Waals surface area contributed by atoms with Crippen LogP contribution in [0.3, 0.4) is 0 Å². The maximum Gasteiger partial charge on any atom is 0.119 e. The zero-order valence-electron chi connectivity index (χ0n) is 11.3. The number of halogens is 2. The molecule has 0 fully saturated rings. The number of ether oxygens (including phenoxy) is 1. The van der Waals surface area contributed by atoms with E-state index in [1.807, 2.05) is 19.2 Å². The van der Waals surface area contributed by atoms with Gasteiger partial charge in [-0.3, -0.25) is 0 Å². The summed E-state index contributed by atoms with van der Waals surface area (Å²) in [6.45, 7) is 7.18. The Balaban J connectivity index is 0. The van der Waals surface area contributed by atoms with Crippen molar-refractivity contribution in [3.05, 3.63) is 42.5 Å². The molecule has 3 nitrogen and oxygen atoms in total. The van der Waals surface area contributed by atoms with Crippen LogP contribution < -0.4 is 40.2 Å². The highest BCUT2D eigenvalue weighted by Crippen LogP contribution is 2.11. The van der Waals surface area contributed by atoms with Gasteiger partial charge in [0.1, 0.15) is 12.4 Å². The van der Waals surface area contributed by atoms with Gasteiger partial charge in [0, 0.05) is 6.54 Å². The molecule has 0 aromatic heterocycles. The van der Waals surface area contributed by atoms with E-state index >= 15 is 0 Å². The van der Waals surface area contributed by atoms with Gasteiger partial charge in [-0.25, -0.2) is 0 Å². The predicted octanol–water partition coefficient (Wildman–Crippen LogP) is -4.04. The van der Waals surface area contributed by atoms with E-state index in [1.165, 1.54) is 5.56 Å². The number of hydrogen-bond donors (Lipinski definition) is 2. The lowest BCUT2D eigenvalue weighted by molar-refractivity contribution is -0.00100. The molecular formula is C14H22Cl2N2O-2. The highest BCUT2D eigenvalue weighted by Gasteiger charge is 1.94. The van der Waals surface area contributed by atoms with E-state index in [0.29, 0.717) is 6.61 Å². The minimum Gasteiger partial charge on any atom is -1.00 e. The first-order chi connectivity index (χ1) is 8.36. The zero-order chi connectivity index (χ0) is 12.3. The molecule has 0 saturated heterocycles. The summed E-state index contributed by atoms with van der Waals surface area (Å²) < 4.78 is 5.42. The van der Waals surface area contributed by atoms with Crippen molar-refractivity contribution in [1.29, 1.82) is 0 Å². The predicted molar refractivity (Wildman–Crippen MR) is 72.4 cm³/mol. The minimum absolute atomic E-state index is 0. The molecular weight excluding hydrogens is 283 g/mol. The summed E-state index contributed by atoms with van der Waals surface area (Å²) in [6.07, 6.45) is 2.90. The molecule has 0 unspecified atom stereocenters. The standard InChI is InChI=1S/C14H22N2O.2ClH/c1-3-11-17-14-7-5-13(6-8-14)12-16-10-4-9-15-2;;/h3,5-8,15-16H,1,4,9-12H2,2H3;2*1H/p-2. The van der Waals surface area contributed by atoms with Crippen molar-refractivity contribution in [2.75, 3.05) is 26.7 Å². The number of benzene rings is 1. The topological polar surface area (TPSA) is 33.3 Å². The Kier molecular flexibility index (Phi) is 14.8. The van der Waals surface area contributed by atoms with Gasteiger partial charge < -0.3 is 40.2 Å². The van der Waals surface area contributed by atoms with Crippen LogP contribution in [0.4, 0.5) is 0 Å². The van der Waals surface area contributed by atoms with E-state index in [4.69, 9.17) is 4.74 Å². The normalized spacial score (nSPS) is 9.11. The fourth-order valence-corrected chi connectivity index (χ4v) is 1.48. The third-order valence-corrected chi connectivity index (χ3v) is 2.40. The lowest BCUT2D eigenvalue weighted by Crippen LogP contribution is -3.00. The second-order valence-corrected chi connectivity index (χ2v) is 3.88. The van der Waals surface area contributed by atoms with E-state index in [-0.39, 0.29) is 24.8 Å². The molecule has 0 bridgehead atoms. The van der Waals surface area contributed by atoms with Crippen molar-refractivity contribution in [2.24, 2.45) is 0 Å². The van der Waals surface area contributed by atoms with Crippen LogP contribution in [0.15, 0.2) is 36.9 Å². The Morgan fingerprint density at radius 1 is 1.16 bits per heavy atom. The molecule has 1 rings (SSSR count). The summed E-state index contributed by atoms with van der Waals surface area (Å²) in [5.74, 6) is 0.892. The smallest absolute Gasteiger partial charge is 0.119 e. The van der Waals surface area contributed by atoms with Crippen LogP contribution in [-0.4, -0.2) is 26.7 Å². The first-order valence-corrected chi connectivity index (χ1v) is 6.04. The highest BCUT2D eigenvalue weighted by atomic mass is 35.5. The van der Waals surface area contributed by atoms with Crippen LogP contribution in [0.25, 0.3) is 0 Å².